The number of nitrogens with one attached hydrogen (secondary N) is 2. The van der Waals surface area contributed by atoms with Gasteiger partial charge in [-0.2, -0.15) is 18.2 Å². The molecule has 11 heteroatoms. The first-order chi connectivity index (χ1) is 14.3. The number of nitrogens with zero attached hydrogens (tertiary/aromatic N) is 4. The second-order valence-corrected chi connectivity index (χ2v) is 7.39. The quantitative estimate of drug-likeness (QED) is 0.554. The normalized spacial score (nSPS) is 19.4. The van der Waals surface area contributed by atoms with Crippen molar-refractivity contribution in [3.8, 4) is 11.5 Å². The molecular formula is C19H21F3N6O2. The van der Waals surface area contributed by atoms with Gasteiger partial charge in [-0.3, -0.25) is 4.98 Å². The van der Waals surface area contributed by atoms with Gasteiger partial charge in [-0.1, -0.05) is 0 Å². The monoisotopic (exact) mass is 422 g/mol. The Bertz CT molecular complexity index is 1010. The van der Waals surface area contributed by atoms with Gasteiger partial charge in [-0.25, -0.2) is 9.97 Å². The molecule has 0 unspecified atom stereocenters. The first-order valence-electron chi connectivity index (χ1n) is 9.60. The predicted octanol–water partition coefficient (Wildman–Crippen LogP) is 3.54. The molecule has 0 aromatic carbocycles. The molecule has 3 heterocycles. The Hall–Kier alpha value is -2.95. The number of aryl methyl sites for hydroxylation is 1. The van der Waals surface area contributed by atoms with Crippen LogP contribution < -0.4 is 10.6 Å². The van der Waals surface area contributed by atoms with E-state index in [1.54, 1.807) is 25.4 Å². The van der Waals surface area contributed by atoms with E-state index in [-0.39, 0.29) is 30.4 Å². The van der Waals surface area contributed by atoms with E-state index in [0.29, 0.717) is 28.2 Å². The van der Waals surface area contributed by atoms with Crippen LogP contribution in [0.3, 0.4) is 0 Å². The number of aromatic nitrogens is 4. The predicted molar refractivity (Wildman–Crippen MR) is 104 cm³/mol. The second-order valence-electron chi connectivity index (χ2n) is 7.39. The Balaban J connectivity index is 1.71. The van der Waals surface area contributed by atoms with Crippen LogP contribution in [0.1, 0.15) is 25.0 Å². The summed E-state index contributed by atoms with van der Waals surface area (Å²) in [5.41, 5.74) is 1.99. The number of anilines is 2. The van der Waals surface area contributed by atoms with Crippen molar-refractivity contribution in [3.05, 3.63) is 24.2 Å². The van der Waals surface area contributed by atoms with E-state index in [1.807, 2.05) is 0 Å². The van der Waals surface area contributed by atoms with Crippen molar-refractivity contribution < 1.29 is 22.7 Å². The van der Waals surface area contributed by atoms with Gasteiger partial charge in [0.15, 0.2) is 5.58 Å². The van der Waals surface area contributed by atoms with E-state index >= 15 is 0 Å². The van der Waals surface area contributed by atoms with Gasteiger partial charge in [0.25, 0.3) is 0 Å². The van der Waals surface area contributed by atoms with Crippen molar-refractivity contribution in [2.24, 2.45) is 5.92 Å². The van der Waals surface area contributed by atoms with Crippen molar-refractivity contribution in [3.63, 3.8) is 0 Å². The maximum atomic E-state index is 12.6. The highest BCUT2D eigenvalue weighted by molar-refractivity contribution is 5.79. The highest BCUT2D eigenvalue weighted by atomic mass is 19.4. The number of oxazole rings is 1. The average molecular weight is 422 g/mol. The molecular weight excluding hydrogens is 401 g/mol. The molecule has 0 aliphatic heterocycles. The third kappa shape index (κ3) is 4.45. The van der Waals surface area contributed by atoms with Gasteiger partial charge in [0, 0.05) is 24.9 Å². The molecule has 0 amide bonds. The average Bonchev–Trinajstić information content (AvgIpc) is 3.32. The Morgan fingerprint density at radius 2 is 2.07 bits per heavy atom. The fraction of sp³-hybridized carbons (Fsp3) is 0.474. The molecule has 1 aliphatic carbocycles. The molecule has 1 aliphatic rings. The number of aliphatic hydroxyl groups excluding tert-OH is 1. The van der Waals surface area contributed by atoms with Crippen LogP contribution in [-0.2, 0) is 0 Å². The van der Waals surface area contributed by atoms with Crippen LogP contribution in [0.2, 0.25) is 0 Å². The topological polar surface area (TPSA) is 109 Å². The molecule has 1 saturated carbocycles. The largest absolute Gasteiger partial charge is 0.436 e. The minimum absolute atomic E-state index is 0.0247. The Kier molecular flexibility index (Phi) is 5.46. The summed E-state index contributed by atoms with van der Waals surface area (Å²) >= 11 is 0. The van der Waals surface area contributed by atoms with E-state index < -0.39 is 12.7 Å². The lowest BCUT2D eigenvalue weighted by Gasteiger charge is -2.18. The maximum absolute atomic E-state index is 12.6. The molecule has 0 bridgehead atoms. The minimum atomic E-state index is -4.39. The van der Waals surface area contributed by atoms with Gasteiger partial charge in [-0.05, 0) is 32.1 Å². The number of hydrogen-bond acceptors (Lipinski definition) is 8. The van der Waals surface area contributed by atoms with E-state index in [2.05, 4.69) is 30.6 Å². The number of alkyl halides is 3. The lowest BCUT2D eigenvalue weighted by molar-refractivity contribution is -0.115. The number of hydrogen-bond donors (Lipinski definition) is 3. The van der Waals surface area contributed by atoms with Crippen molar-refractivity contribution >= 4 is 22.9 Å². The van der Waals surface area contributed by atoms with E-state index in [9.17, 15) is 18.3 Å². The van der Waals surface area contributed by atoms with Crippen LogP contribution in [0.4, 0.5) is 24.9 Å². The third-order valence-corrected chi connectivity index (χ3v) is 5.08. The van der Waals surface area contributed by atoms with Crippen LogP contribution in [-0.4, -0.2) is 50.4 Å². The minimum Gasteiger partial charge on any atom is -0.436 e. The van der Waals surface area contributed by atoms with E-state index in [4.69, 9.17) is 4.42 Å². The van der Waals surface area contributed by atoms with E-state index in [1.165, 1.54) is 0 Å². The standard InChI is InChI=1S/C19H21F3N6O2/c1-10-15(17-27-13-7-23-5-4-14(13)30-17)16(26-12-3-2-11(6-12)8-29)28-18(25-10)24-9-19(20,21)22/h4-5,7,11-12,29H,2-3,6,8-9H2,1H3,(H2,24,25,26,28)/t11-,12+/m1/s1. The fourth-order valence-electron chi connectivity index (χ4n) is 3.64. The first kappa shape index (κ1) is 20.3. The maximum Gasteiger partial charge on any atom is 0.405 e. The molecule has 3 aromatic heterocycles. The molecule has 2 atom stereocenters. The highest BCUT2D eigenvalue weighted by Gasteiger charge is 2.29. The molecule has 3 N–H and O–H groups in total. The molecule has 3 aromatic rings. The summed E-state index contributed by atoms with van der Waals surface area (Å²) in [6.07, 6.45) is 1.17. The lowest BCUT2D eigenvalue weighted by atomic mass is 10.1. The fourth-order valence-corrected chi connectivity index (χ4v) is 3.64. The van der Waals surface area contributed by atoms with Gasteiger partial charge in [0.1, 0.15) is 23.4 Å². The van der Waals surface area contributed by atoms with Crippen LogP contribution in [0.5, 0.6) is 0 Å². The molecule has 8 nitrogen and oxygen atoms in total. The summed E-state index contributed by atoms with van der Waals surface area (Å²) in [6, 6.07) is 1.70. The Morgan fingerprint density at radius 3 is 2.77 bits per heavy atom. The van der Waals surface area contributed by atoms with Gasteiger partial charge in [0.2, 0.25) is 11.8 Å². The molecule has 0 saturated heterocycles. The molecule has 4 rings (SSSR count). The summed E-state index contributed by atoms with van der Waals surface area (Å²) in [7, 11) is 0. The molecule has 0 radical (unpaired) electrons. The van der Waals surface area contributed by atoms with Crippen molar-refractivity contribution in [1.82, 2.24) is 19.9 Å². The number of rotatable bonds is 6. The molecule has 0 spiro atoms. The van der Waals surface area contributed by atoms with Crippen molar-refractivity contribution in [1.29, 1.82) is 0 Å². The summed E-state index contributed by atoms with van der Waals surface area (Å²) in [4.78, 5) is 16.9. The Labute approximate surface area is 170 Å². The summed E-state index contributed by atoms with van der Waals surface area (Å²) < 4.78 is 43.7. The summed E-state index contributed by atoms with van der Waals surface area (Å²) in [5, 5.41) is 14.9. The number of halogens is 3. The van der Waals surface area contributed by atoms with Crippen LogP contribution in [0.25, 0.3) is 22.6 Å². The van der Waals surface area contributed by atoms with E-state index in [0.717, 1.165) is 19.3 Å². The zero-order chi connectivity index (χ0) is 21.3. The zero-order valence-corrected chi connectivity index (χ0v) is 16.2. The van der Waals surface area contributed by atoms with Gasteiger partial charge in [-0.15, -0.1) is 0 Å². The zero-order valence-electron chi connectivity index (χ0n) is 16.2. The third-order valence-electron chi connectivity index (χ3n) is 5.08. The molecule has 30 heavy (non-hydrogen) atoms. The number of fused-ring (bicyclic) bond motifs is 1. The van der Waals surface area contributed by atoms with Gasteiger partial charge < -0.3 is 20.2 Å². The van der Waals surface area contributed by atoms with Crippen molar-refractivity contribution in [2.45, 2.75) is 38.4 Å². The van der Waals surface area contributed by atoms with Gasteiger partial charge >= 0.3 is 6.18 Å². The van der Waals surface area contributed by atoms with Crippen LogP contribution in [0.15, 0.2) is 22.9 Å². The summed E-state index contributed by atoms with van der Waals surface area (Å²) in [5.74, 6) is 0.657. The van der Waals surface area contributed by atoms with Crippen LogP contribution >= 0.6 is 0 Å². The molecule has 1 fully saturated rings. The van der Waals surface area contributed by atoms with Gasteiger partial charge in [0.05, 0.1) is 11.9 Å². The summed E-state index contributed by atoms with van der Waals surface area (Å²) in [6.45, 7) is 0.527. The SMILES string of the molecule is Cc1nc(NCC(F)(F)F)nc(N[C@H]2CC[C@@H](CO)C2)c1-c1nc2cnccc2o1. The highest BCUT2D eigenvalue weighted by Crippen LogP contribution is 2.35. The van der Waals surface area contributed by atoms with Crippen molar-refractivity contribution in [2.75, 3.05) is 23.8 Å². The lowest BCUT2D eigenvalue weighted by Crippen LogP contribution is -2.24. The van der Waals surface area contributed by atoms with Crippen LogP contribution in [0, 0.1) is 12.8 Å². The second kappa shape index (κ2) is 8.05. The Morgan fingerprint density at radius 1 is 1.23 bits per heavy atom. The smallest absolute Gasteiger partial charge is 0.405 e. The molecule has 160 valence electrons. The number of aliphatic hydroxyl groups is 1. The number of pyridine rings is 1. The first-order valence-corrected chi connectivity index (χ1v) is 9.60.